The van der Waals surface area contributed by atoms with Gasteiger partial charge in [0.2, 0.25) is 0 Å². The van der Waals surface area contributed by atoms with E-state index in [4.69, 9.17) is 11.6 Å². The Hall–Kier alpha value is -1.42. The molecule has 0 atom stereocenters. The van der Waals surface area contributed by atoms with E-state index in [1.54, 1.807) is 18.3 Å². The minimum atomic E-state index is -0.282. The highest BCUT2D eigenvalue weighted by molar-refractivity contribution is 6.29. The fourth-order valence-electron chi connectivity index (χ4n) is 0.963. The van der Waals surface area contributed by atoms with E-state index in [9.17, 15) is 4.39 Å². The van der Waals surface area contributed by atoms with Crippen molar-refractivity contribution in [3.8, 4) is 5.69 Å². The maximum absolute atomic E-state index is 12.5. The summed E-state index contributed by atoms with van der Waals surface area (Å²) in [7, 11) is 0. The molecular formula is C8H5ClFN3. The Kier molecular flexibility index (Phi) is 1.98. The van der Waals surface area contributed by atoms with Crippen molar-refractivity contribution < 1.29 is 4.39 Å². The van der Waals surface area contributed by atoms with Gasteiger partial charge in [-0.15, -0.1) is 5.10 Å². The van der Waals surface area contributed by atoms with Crippen molar-refractivity contribution in [2.24, 2.45) is 0 Å². The molecule has 0 saturated heterocycles. The zero-order valence-corrected chi connectivity index (χ0v) is 7.24. The van der Waals surface area contributed by atoms with Crippen LogP contribution in [-0.2, 0) is 0 Å². The van der Waals surface area contributed by atoms with Crippen LogP contribution < -0.4 is 0 Å². The Morgan fingerprint density at radius 1 is 1.23 bits per heavy atom. The summed E-state index contributed by atoms with van der Waals surface area (Å²) in [5, 5.41) is 7.64. The molecular weight excluding hydrogens is 193 g/mol. The molecule has 0 aliphatic rings. The lowest BCUT2D eigenvalue weighted by Gasteiger charge is -1.97. The summed E-state index contributed by atoms with van der Waals surface area (Å²) in [5.74, 6) is -0.282. The van der Waals surface area contributed by atoms with Crippen LogP contribution in [0.5, 0.6) is 0 Å². The molecule has 5 heteroatoms. The molecule has 0 aliphatic heterocycles. The van der Waals surface area contributed by atoms with Gasteiger partial charge in [-0.3, -0.25) is 0 Å². The number of nitrogens with zero attached hydrogens (tertiary/aromatic N) is 3. The predicted molar refractivity (Wildman–Crippen MR) is 46.3 cm³/mol. The molecule has 2 rings (SSSR count). The Labute approximate surface area is 78.8 Å². The molecule has 1 aromatic heterocycles. The molecule has 0 radical (unpaired) electrons. The average molecular weight is 198 g/mol. The van der Waals surface area contributed by atoms with Gasteiger partial charge in [0.25, 0.3) is 0 Å². The summed E-state index contributed by atoms with van der Waals surface area (Å²) < 4.78 is 14.0. The molecule has 0 spiro atoms. The summed E-state index contributed by atoms with van der Waals surface area (Å²) in [5.41, 5.74) is 0.723. The Morgan fingerprint density at radius 2 is 1.92 bits per heavy atom. The second-order valence-electron chi connectivity index (χ2n) is 2.46. The average Bonchev–Trinajstić information content (AvgIpc) is 2.53. The van der Waals surface area contributed by atoms with Gasteiger partial charge in [0.05, 0.1) is 11.9 Å². The summed E-state index contributed by atoms with van der Waals surface area (Å²) in [6.45, 7) is 0. The van der Waals surface area contributed by atoms with E-state index >= 15 is 0 Å². The highest BCUT2D eigenvalue weighted by Crippen LogP contribution is 2.09. The fourth-order valence-corrected chi connectivity index (χ4v) is 1.09. The highest BCUT2D eigenvalue weighted by atomic mass is 35.5. The standard InChI is InChI=1S/C8H5ClFN3/c9-8-5-13(12-11-8)7-3-1-6(10)2-4-7/h1-5H. The van der Waals surface area contributed by atoms with Gasteiger partial charge >= 0.3 is 0 Å². The fraction of sp³-hybridized carbons (Fsp3) is 0. The maximum Gasteiger partial charge on any atom is 0.171 e. The van der Waals surface area contributed by atoms with Gasteiger partial charge in [-0.25, -0.2) is 9.07 Å². The van der Waals surface area contributed by atoms with Crippen molar-refractivity contribution in [3.05, 3.63) is 41.4 Å². The first kappa shape index (κ1) is 8.19. The van der Waals surface area contributed by atoms with Crippen molar-refractivity contribution in [1.82, 2.24) is 15.0 Å². The van der Waals surface area contributed by atoms with E-state index in [0.29, 0.717) is 5.15 Å². The molecule has 0 aliphatic carbocycles. The molecule has 0 amide bonds. The molecule has 13 heavy (non-hydrogen) atoms. The molecule has 2 aromatic rings. The predicted octanol–water partition coefficient (Wildman–Crippen LogP) is 2.06. The maximum atomic E-state index is 12.5. The molecule has 0 bridgehead atoms. The molecule has 3 nitrogen and oxygen atoms in total. The van der Waals surface area contributed by atoms with Gasteiger partial charge in [-0.05, 0) is 24.3 Å². The largest absolute Gasteiger partial charge is 0.219 e. The molecule has 66 valence electrons. The van der Waals surface area contributed by atoms with Gasteiger partial charge < -0.3 is 0 Å². The zero-order valence-electron chi connectivity index (χ0n) is 6.48. The topological polar surface area (TPSA) is 30.7 Å². The van der Waals surface area contributed by atoms with E-state index < -0.39 is 0 Å². The summed E-state index contributed by atoms with van der Waals surface area (Å²) >= 11 is 5.57. The summed E-state index contributed by atoms with van der Waals surface area (Å²) in [6, 6.07) is 5.90. The van der Waals surface area contributed by atoms with E-state index in [1.165, 1.54) is 16.8 Å². The van der Waals surface area contributed by atoms with Crippen LogP contribution in [0.1, 0.15) is 0 Å². The number of aromatic nitrogens is 3. The third-order valence-electron chi connectivity index (χ3n) is 1.56. The van der Waals surface area contributed by atoms with Crippen LogP contribution in [-0.4, -0.2) is 15.0 Å². The highest BCUT2D eigenvalue weighted by Gasteiger charge is 1.99. The Balaban J connectivity index is 2.41. The molecule has 0 saturated carbocycles. The monoisotopic (exact) mass is 197 g/mol. The van der Waals surface area contributed by atoms with Gasteiger partial charge in [-0.2, -0.15) is 0 Å². The van der Waals surface area contributed by atoms with Crippen molar-refractivity contribution >= 4 is 11.6 Å². The number of benzene rings is 1. The quantitative estimate of drug-likeness (QED) is 0.701. The van der Waals surface area contributed by atoms with Gasteiger partial charge in [0.15, 0.2) is 5.15 Å². The van der Waals surface area contributed by atoms with Crippen LogP contribution in [0, 0.1) is 5.82 Å². The van der Waals surface area contributed by atoms with Gasteiger partial charge in [0, 0.05) is 0 Å². The van der Waals surface area contributed by atoms with Crippen LogP contribution >= 0.6 is 11.6 Å². The lowest BCUT2D eigenvalue weighted by molar-refractivity contribution is 0.626. The van der Waals surface area contributed by atoms with Crippen molar-refractivity contribution in [2.45, 2.75) is 0 Å². The number of halogens is 2. The first-order valence-corrected chi connectivity index (χ1v) is 3.97. The summed E-state index contributed by atoms with van der Waals surface area (Å²) in [6.07, 6.45) is 1.55. The number of rotatable bonds is 1. The van der Waals surface area contributed by atoms with E-state index in [0.717, 1.165) is 5.69 Å². The third kappa shape index (κ3) is 1.67. The second kappa shape index (κ2) is 3.14. The van der Waals surface area contributed by atoms with Gasteiger partial charge in [-0.1, -0.05) is 16.8 Å². The van der Waals surface area contributed by atoms with Gasteiger partial charge in [0.1, 0.15) is 5.82 Å². The normalized spacial score (nSPS) is 10.3. The first-order valence-electron chi connectivity index (χ1n) is 3.59. The molecule has 0 fully saturated rings. The van der Waals surface area contributed by atoms with Crippen molar-refractivity contribution in [3.63, 3.8) is 0 Å². The number of hydrogen-bond acceptors (Lipinski definition) is 2. The first-order chi connectivity index (χ1) is 6.25. The Morgan fingerprint density at radius 3 is 2.46 bits per heavy atom. The van der Waals surface area contributed by atoms with Crippen LogP contribution in [0.15, 0.2) is 30.5 Å². The SMILES string of the molecule is Fc1ccc(-n2cc(Cl)nn2)cc1. The third-order valence-corrected chi connectivity index (χ3v) is 1.73. The van der Waals surface area contributed by atoms with Crippen LogP contribution in [0.2, 0.25) is 5.15 Å². The molecule has 1 heterocycles. The minimum absolute atomic E-state index is 0.282. The molecule has 0 unspecified atom stereocenters. The molecule has 0 N–H and O–H groups in total. The molecule has 1 aromatic carbocycles. The minimum Gasteiger partial charge on any atom is -0.219 e. The van der Waals surface area contributed by atoms with Crippen LogP contribution in [0.4, 0.5) is 4.39 Å². The smallest absolute Gasteiger partial charge is 0.171 e. The van der Waals surface area contributed by atoms with E-state index in [-0.39, 0.29) is 5.82 Å². The van der Waals surface area contributed by atoms with E-state index in [2.05, 4.69) is 10.3 Å². The summed E-state index contributed by atoms with van der Waals surface area (Å²) in [4.78, 5) is 0. The zero-order chi connectivity index (χ0) is 9.26. The van der Waals surface area contributed by atoms with Crippen LogP contribution in [0.25, 0.3) is 5.69 Å². The number of hydrogen-bond donors (Lipinski definition) is 0. The van der Waals surface area contributed by atoms with Crippen LogP contribution in [0.3, 0.4) is 0 Å². The van der Waals surface area contributed by atoms with E-state index in [1.807, 2.05) is 0 Å². The lowest BCUT2D eigenvalue weighted by Crippen LogP contribution is -1.94. The lowest BCUT2D eigenvalue weighted by atomic mass is 10.3. The Bertz CT molecular complexity index is 410. The van der Waals surface area contributed by atoms with Crippen molar-refractivity contribution in [1.29, 1.82) is 0 Å². The second-order valence-corrected chi connectivity index (χ2v) is 2.85. The van der Waals surface area contributed by atoms with Crippen molar-refractivity contribution in [2.75, 3.05) is 0 Å².